The summed E-state index contributed by atoms with van der Waals surface area (Å²) in [4.78, 5) is 52.5. The molecule has 3 aromatic rings. The van der Waals surface area contributed by atoms with Crippen LogP contribution in [0.15, 0.2) is 65.2 Å². The molecule has 3 amide bonds. The van der Waals surface area contributed by atoms with E-state index in [2.05, 4.69) is 22.6 Å². The Hall–Kier alpha value is -4.27. The summed E-state index contributed by atoms with van der Waals surface area (Å²) in [5.41, 5.74) is 1.88. The van der Waals surface area contributed by atoms with Gasteiger partial charge in [0.1, 0.15) is 5.76 Å². The highest BCUT2D eigenvalue weighted by Crippen LogP contribution is 2.61. The Bertz CT molecular complexity index is 1380. The molecule has 2 saturated carbocycles. The van der Waals surface area contributed by atoms with Crippen LogP contribution in [0.4, 0.5) is 11.5 Å². The van der Waals surface area contributed by atoms with Gasteiger partial charge in [0.25, 0.3) is 5.91 Å². The third-order valence-corrected chi connectivity index (χ3v) is 7.83. The third-order valence-electron chi connectivity index (χ3n) is 7.83. The van der Waals surface area contributed by atoms with Gasteiger partial charge >= 0.3 is 5.97 Å². The van der Waals surface area contributed by atoms with E-state index in [0.717, 1.165) is 12.8 Å². The summed E-state index contributed by atoms with van der Waals surface area (Å²) < 4.78 is 9.94. The van der Waals surface area contributed by atoms with Crippen molar-refractivity contribution in [3.05, 3.63) is 77.6 Å². The Labute approximate surface area is 212 Å². The molecule has 5 atom stereocenters. The van der Waals surface area contributed by atoms with Crippen molar-refractivity contribution in [1.29, 1.82) is 0 Å². The number of carbonyl (C=O) groups is 4. The number of aryl methyl sites for hydroxylation is 1. The molecule has 2 heterocycles. The number of benzene rings is 2. The van der Waals surface area contributed by atoms with Crippen molar-refractivity contribution >= 4 is 35.2 Å². The first-order chi connectivity index (χ1) is 17.9. The number of hydrogen-bond donors (Lipinski definition) is 1. The molecule has 2 aromatic carbocycles. The molecule has 1 aromatic heterocycles. The fourth-order valence-corrected chi connectivity index (χ4v) is 6.36. The van der Waals surface area contributed by atoms with Crippen molar-refractivity contribution in [1.82, 2.24) is 5.16 Å². The van der Waals surface area contributed by atoms with Crippen LogP contribution in [-0.4, -0.2) is 35.5 Å². The summed E-state index contributed by atoms with van der Waals surface area (Å²) in [6, 6.07) is 17.9. The molecule has 9 nitrogen and oxygen atoms in total. The van der Waals surface area contributed by atoms with Gasteiger partial charge < -0.3 is 14.6 Å². The molecule has 2 bridgehead atoms. The molecular formula is C28H25N3O6. The molecule has 1 N–H and O–H groups in total. The Kier molecular flexibility index (Phi) is 5.62. The molecule has 0 spiro atoms. The number of imide groups is 1. The molecular weight excluding hydrogens is 474 g/mol. The van der Waals surface area contributed by atoms with Gasteiger partial charge in [0.05, 0.1) is 23.1 Å². The zero-order chi connectivity index (χ0) is 25.7. The van der Waals surface area contributed by atoms with Crippen LogP contribution in [-0.2, 0) is 19.1 Å². The van der Waals surface area contributed by atoms with Gasteiger partial charge in [-0.25, -0.2) is 4.79 Å². The summed E-state index contributed by atoms with van der Waals surface area (Å²) in [7, 11) is 0. The second kappa shape index (κ2) is 8.99. The highest BCUT2D eigenvalue weighted by molar-refractivity contribution is 6.22. The zero-order valence-corrected chi connectivity index (χ0v) is 20.1. The van der Waals surface area contributed by atoms with Gasteiger partial charge in [-0.05, 0) is 67.3 Å². The van der Waals surface area contributed by atoms with Gasteiger partial charge in [-0.2, -0.15) is 0 Å². The minimum Gasteiger partial charge on any atom is -0.452 e. The molecule has 3 fully saturated rings. The quantitative estimate of drug-likeness (QED) is 0.406. The Morgan fingerprint density at radius 2 is 1.76 bits per heavy atom. The van der Waals surface area contributed by atoms with E-state index >= 15 is 0 Å². The molecule has 188 valence electrons. The Morgan fingerprint density at radius 3 is 2.46 bits per heavy atom. The first-order valence-corrected chi connectivity index (χ1v) is 12.3. The van der Waals surface area contributed by atoms with Gasteiger partial charge in [0.2, 0.25) is 11.8 Å². The molecule has 1 saturated heterocycles. The summed E-state index contributed by atoms with van der Waals surface area (Å²) in [6.07, 6.45) is 1.84. The van der Waals surface area contributed by atoms with Gasteiger partial charge in [0, 0.05) is 6.07 Å². The van der Waals surface area contributed by atoms with Crippen molar-refractivity contribution in [2.24, 2.45) is 23.7 Å². The van der Waals surface area contributed by atoms with Crippen molar-refractivity contribution < 1.29 is 28.4 Å². The minimum absolute atomic E-state index is 0.149. The molecule has 1 aliphatic heterocycles. The van der Waals surface area contributed by atoms with Crippen LogP contribution in [0.3, 0.4) is 0 Å². The van der Waals surface area contributed by atoms with Crippen LogP contribution < -0.4 is 10.2 Å². The van der Waals surface area contributed by atoms with E-state index in [-0.39, 0.29) is 46.9 Å². The second-order valence-corrected chi connectivity index (χ2v) is 9.97. The number of esters is 1. The summed E-state index contributed by atoms with van der Waals surface area (Å²) in [5, 5.41) is 6.11. The number of hydrogen-bond acceptors (Lipinski definition) is 7. The lowest BCUT2D eigenvalue weighted by atomic mass is 9.73. The maximum atomic E-state index is 13.5. The number of ether oxygens (including phenoxy) is 1. The van der Waals surface area contributed by atoms with Gasteiger partial charge in [0.15, 0.2) is 12.4 Å². The average molecular weight is 500 g/mol. The largest absolute Gasteiger partial charge is 0.452 e. The standard InChI is InChI=1S/C28H25N3O6/c1-15-11-22(30-37-15)29-23(32)14-36-28(35)17-7-9-19(10-8-17)31-26(33)24-18-12-20(16-5-3-2-4-6-16)21(13-18)25(24)27(31)34/h2-11,18,20-21,24-25H,12-14H2,1H3,(H,29,30,32)/t18-,20+,21+,24+,25-/m0/s1. The lowest BCUT2D eigenvalue weighted by Gasteiger charge is -2.28. The van der Waals surface area contributed by atoms with Crippen LogP contribution in [0.1, 0.15) is 40.4 Å². The smallest absolute Gasteiger partial charge is 0.338 e. The van der Waals surface area contributed by atoms with Crippen LogP contribution in [0.2, 0.25) is 0 Å². The van der Waals surface area contributed by atoms with Gasteiger partial charge in [-0.15, -0.1) is 0 Å². The lowest BCUT2D eigenvalue weighted by molar-refractivity contribution is -0.123. The number of fused-ring (bicyclic) bond motifs is 5. The van der Waals surface area contributed by atoms with Crippen LogP contribution in [0.25, 0.3) is 0 Å². The number of nitrogens with zero attached hydrogens (tertiary/aromatic N) is 2. The lowest BCUT2D eigenvalue weighted by Crippen LogP contribution is -2.33. The fraction of sp³-hybridized carbons (Fsp3) is 0.321. The number of anilines is 2. The fourth-order valence-electron chi connectivity index (χ4n) is 6.36. The van der Waals surface area contributed by atoms with Crippen molar-refractivity contribution in [3.8, 4) is 0 Å². The van der Waals surface area contributed by atoms with E-state index < -0.39 is 18.5 Å². The molecule has 3 aliphatic rings. The van der Waals surface area contributed by atoms with Crippen LogP contribution in [0.5, 0.6) is 0 Å². The van der Waals surface area contributed by atoms with Crippen molar-refractivity contribution in [2.75, 3.05) is 16.8 Å². The maximum Gasteiger partial charge on any atom is 0.338 e. The first kappa shape index (κ1) is 23.1. The zero-order valence-electron chi connectivity index (χ0n) is 20.1. The second-order valence-electron chi connectivity index (χ2n) is 9.97. The van der Waals surface area contributed by atoms with Crippen LogP contribution >= 0.6 is 0 Å². The summed E-state index contributed by atoms with van der Waals surface area (Å²) in [5.74, 6) is -0.676. The van der Waals surface area contributed by atoms with Crippen molar-refractivity contribution in [2.45, 2.75) is 25.7 Å². The third kappa shape index (κ3) is 4.00. The number of amides is 3. The minimum atomic E-state index is -0.697. The molecule has 2 aliphatic carbocycles. The number of nitrogens with one attached hydrogen (secondary N) is 1. The predicted octanol–water partition coefficient (Wildman–Crippen LogP) is 3.71. The highest BCUT2D eigenvalue weighted by atomic mass is 16.5. The summed E-state index contributed by atoms with van der Waals surface area (Å²) >= 11 is 0. The number of aromatic nitrogens is 1. The molecule has 0 radical (unpaired) electrons. The van der Waals surface area contributed by atoms with E-state index in [4.69, 9.17) is 9.26 Å². The van der Waals surface area contributed by atoms with E-state index in [9.17, 15) is 19.2 Å². The topological polar surface area (TPSA) is 119 Å². The first-order valence-electron chi connectivity index (χ1n) is 12.3. The number of carbonyl (C=O) groups excluding carboxylic acids is 4. The average Bonchev–Trinajstić information content (AvgIpc) is 3.67. The predicted molar refractivity (Wildman–Crippen MR) is 131 cm³/mol. The molecule has 37 heavy (non-hydrogen) atoms. The molecule has 9 heteroatoms. The summed E-state index contributed by atoms with van der Waals surface area (Å²) in [6.45, 7) is 1.19. The highest BCUT2D eigenvalue weighted by Gasteiger charge is 2.64. The van der Waals surface area contributed by atoms with E-state index in [1.807, 2.05) is 18.2 Å². The van der Waals surface area contributed by atoms with E-state index in [1.54, 1.807) is 25.1 Å². The van der Waals surface area contributed by atoms with Gasteiger partial charge in [-0.3, -0.25) is 19.3 Å². The van der Waals surface area contributed by atoms with Crippen LogP contribution in [0, 0.1) is 30.6 Å². The van der Waals surface area contributed by atoms with E-state index in [0.29, 0.717) is 17.4 Å². The SMILES string of the molecule is Cc1cc(NC(=O)COC(=O)c2ccc(N3C(=O)[C@@H]4[C@@H]5C[C@@H]([C@@H]4C3=O)[C@@H](c3ccccc3)C5)cc2)no1. The number of rotatable bonds is 6. The Balaban J connectivity index is 1.11. The monoisotopic (exact) mass is 499 g/mol. The van der Waals surface area contributed by atoms with Gasteiger partial charge in [-0.1, -0.05) is 35.5 Å². The van der Waals surface area contributed by atoms with Crippen molar-refractivity contribution in [3.63, 3.8) is 0 Å². The normalized spacial score (nSPS) is 25.9. The van der Waals surface area contributed by atoms with E-state index in [1.165, 1.54) is 22.6 Å². The molecule has 0 unspecified atom stereocenters. The molecule has 6 rings (SSSR count). The Morgan fingerprint density at radius 1 is 1.03 bits per heavy atom. The maximum absolute atomic E-state index is 13.5.